The lowest BCUT2D eigenvalue weighted by atomic mass is 10.1. The maximum atomic E-state index is 12.8. The number of aryl methyl sites for hydroxylation is 2. The number of anilines is 1. The summed E-state index contributed by atoms with van der Waals surface area (Å²) in [5, 5.41) is 11.4. The second-order valence-electron chi connectivity index (χ2n) is 6.74. The molecule has 0 aliphatic heterocycles. The normalized spacial score (nSPS) is 11.7. The van der Waals surface area contributed by atoms with Crippen LogP contribution in [0.1, 0.15) is 41.6 Å². The van der Waals surface area contributed by atoms with Crippen LogP contribution in [0.15, 0.2) is 47.3 Å². The average molecular weight is 409 g/mol. The third-order valence-corrected chi connectivity index (χ3v) is 4.46. The second kappa shape index (κ2) is 8.73. The molecular formula is C21H23N5O4. The minimum absolute atomic E-state index is 0.218. The number of benzene rings is 1. The monoisotopic (exact) mass is 409 g/mol. The first-order chi connectivity index (χ1) is 14.3. The van der Waals surface area contributed by atoms with Gasteiger partial charge in [-0.25, -0.2) is 14.2 Å². The van der Waals surface area contributed by atoms with Crippen molar-refractivity contribution >= 4 is 17.6 Å². The van der Waals surface area contributed by atoms with Gasteiger partial charge in [0.15, 0.2) is 5.82 Å². The number of hydrogen-bond acceptors (Lipinski definition) is 6. The molecule has 3 rings (SSSR count). The van der Waals surface area contributed by atoms with Gasteiger partial charge in [0.2, 0.25) is 5.91 Å². The number of carbonyl (C=O) groups is 2. The standard InChI is InChI=1S/C21H23N5O4/c1-5-30-21(29)16-8-6-7-9-17(16)22-20(28)15(4)26-19(27)11-10-18(24-26)25-14(3)12-13(2)23-25/h6-12,15H,5H2,1-4H3,(H,22,28). The van der Waals surface area contributed by atoms with Gasteiger partial charge in [-0.1, -0.05) is 12.1 Å². The average Bonchev–Trinajstić information content (AvgIpc) is 3.06. The van der Waals surface area contributed by atoms with Gasteiger partial charge < -0.3 is 10.1 Å². The number of nitrogens with one attached hydrogen (secondary N) is 1. The van der Waals surface area contributed by atoms with Crippen LogP contribution in [-0.2, 0) is 9.53 Å². The summed E-state index contributed by atoms with van der Waals surface area (Å²) in [6, 6.07) is 10.4. The topological polar surface area (TPSA) is 108 Å². The molecule has 9 nitrogen and oxygen atoms in total. The van der Waals surface area contributed by atoms with Crippen LogP contribution >= 0.6 is 0 Å². The van der Waals surface area contributed by atoms with Crippen LogP contribution in [0.5, 0.6) is 0 Å². The van der Waals surface area contributed by atoms with Crippen molar-refractivity contribution in [3.63, 3.8) is 0 Å². The molecule has 1 N–H and O–H groups in total. The molecule has 1 atom stereocenters. The fraction of sp³-hybridized carbons (Fsp3) is 0.286. The van der Waals surface area contributed by atoms with E-state index < -0.39 is 23.5 Å². The molecule has 0 saturated carbocycles. The molecule has 0 bridgehead atoms. The summed E-state index contributed by atoms with van der Waals surface area (Å²) in [6.45, 7) is 7.21. The number of nitrogens with zero attached hydrogens (tertiary/aromatic N) is 4. The molecule has 0 aliphatic rings. The molecule has 3 aromatic rings. The van der Waals surface area contributed by atoms with Crippen LogP contribution in [-0.4, -0.2) is 38.0 Å². The number of carbonyl (C=O) groups excluding carboxylic acids is 2. The Morgan fingerprint density at radius 1 is 1.13 bits per heavy atom. The SMILES string of the molecule is CCOC(=O)c1ccccc1NC(=O)C(C)n1nc(-n2nc(C)cc2C)ccc1=O. The van der Waals surface area contributed by atoms with E-state index in [0.717, 1.165) is 16.1 Å². The summed E-state index contributed by atoms with van der Waals surface area (Å²) in [5.41, 5.74) is 1.77. The number of esters is 1. The zero-order valence-corrected chi connectivity index (χ0v) is 17.2. The summed E-state index contributed by atoms with van der Waals surface area (Å²) in [7, 11) is 0. The van der Waals surface area contributed by atoms with E-state index in [-0.39, 0.29) is 12.2 Å². The van der Waals surface area contributed by atoms with Crippen molar-refractivity contribution in [3.05, 3.63) is 69.8 Å². The number of ether oxygens (including phenoxy) is 1. The predicted molar refractivity (Wildman–Crippen MR) is 111 cm³/mol. The van der Waals surface area contributed by atoms with Crippen molar-refractivity contribution in [2.45, 2.75) is 33.7 Å². The van der Waals surface area contributed by atoms with E-state index in [1.165, 1.54) is 6.07 Å². The van der Waals surface area contributed by atoms with Crippen LogP contribution in [0.25, 0.3) is 5.82 Å². The van der Waals surface area contributed by atoms with Gasteiger partial charge in [-0.2, -0.15) is 5.10 Å². The molecule has 0 aliphatic carbocycles. The molecule has 9 heteroatoms. The molecule has 2 aromatic heterocycles. The smallest absolute Gasteiger partial charge is 0.340 e. The van der Waals surface area contributed by atoms with E-state index >= 15 is 0 Å². The highest BCUT2D eigenvalue weighted by Gasteiger charge is 2.21. The van der Waals surface area contributed by atoms with Gasteiger partial charge in [0.25, 0.3) is 5.56 Å². The Morgan fingerprint density at radius 3 is 2.53 bits per heavy atom. The van der Waals surface area contributed by atoms with Crippen molar-refractivity contribution in [1.29, 1.82) is 0 Å². The number of hydrogen-bond donors (Lipinski definition) is 1. The Balaban J connectivity index is 1.89. The van der Waals surface area contributed by atoms with Crippen LogP contribution < -0.4 is 10.9 Å². The van der Waals surface area contributed by atoms with E-state index in [1.807, 2.05) is 19.9 Å². The van der Waals surface area contributed by atoms with Crippen LogP contribution in [0, 0.1) is 13.8 Å². The third-order valence-electron chi connectivity index (χ3n) is 4.46. The molecule has 1 amide bonds. The summed E-state index contributed by atoms with van der Waals surface area (Å²) < 4.78 is 7.72. The van der Waals surface area contributed by atoms with Crippen molar-refractivity contribution in [1.82, 2.24) is 19.6 Å². The van der Waals surface area contributed by atoms with Crippen LogP contribution in [0.2, 0.25) is 0 Å². The summed E-state index contributed by atoms with van der Waals surface area (Å²) in [5.74, 6) is -0.610. The number of aromatic nitrogens is 4. The second-order valence-corrected chi connectivity index (χ2v) is 6.74. The largest absolute Gasteiger partial charge is 0.462 e. The highest BCUT2D eigenvalue weighted by Crippen LogP contribution is 2.18. The van der Waals surface area contributed by atoms with Crippen molar-refractivity contribution in [3.8, 4) is 5.82 Å². The molecule has 2 heterocycles. The van der Waals surface area contributed by atoms with E-state index in [1.54, 1.807) is 48.9 Å². The van der Waals surface area contributed by atoms with Gasteiger partial charge in [0.1, 0.15) is 6.04 Å². The zero-order chi connectivity index (χ0) is 21.8. The maximum absolute atomic E-state index is 12.8. The molecule has 0 radical (unpaired) electrons. The summed E-state index contributed by atoms with van der Waals surface area (Å²) in [4.78, 5) is 37.3. The summed E-state index contributed by atoms with van der Waals surface area (Å²) in [6.07, 6.45) is 0. The quantitative estimate of drug-likeness (QED) is 0.627. The Morgan fingerprint density at radius 2 is 1.87 bits per heavy atom. The lowest BCUT2D eigenvalue weighted by Gasteiger charge is -2.16. The van der Waals surface area contributed by atoms with Gasteiger partial charge >= 0.3 is 5.97 Å². The fourth-order valence-corrected chi connectivity index (χ4v) is 2.99. The molecule has 156 valence electrons. The maximum Gasteiger partial charge on any atom is 0.340 e. The first-order valence-electron chi connectivity index (χ1n) is 9.52. The first kappa shape index (κ1) is 21.0. The molecule has 0 saturated heterocycles. The molecule has 30 heavy (non-hydrogen) atoms. The minimum Gasteiger partial charge on any atom is -0.462 e. The molecular weight excluding hydrogens is 386 g/mol. The Hall–Kier alpha value is -3.75. The lowest BCUT2D eigenvalue weighted by Crippen LogP contribution is -2.34. The molecule has 1 unspecified atom stereocenters. The van der Waals surface area contributed by atoms with E-state index in [4.69, 9.17) is 4.74 Å². The first-order valence-corrected chi connectivity index (χ1v) is 9.52. The van der Waals surface area contributed by atoms with Gasteiger partial charge in [-0.15, -0.1) is 5.10 Å². The Labute approximate surface area is 173 Å². The van der Waals surface area contributed by atoms with Crippen molar-refractivity contribution < 1.29 is 14.3 Å². The molecule has 0 fully saturated rings. The Bertz CT molecular complexity index is 1150. The van der Waals surface area contributed by atoms with E-state index in [9.17, 15) is 14.4 Å². The zero-order valence-electron chi connectivity index (χ0n) is 17.2. The number of para-hydroxylation sites is 1. The molecule has 0 spiro atoms. The van der Waals surface area contributed by atoms with Gasteiger partial charge in [0, 0.05) is 11.8 Å². The van der Waals surface area contributed by atoms with Gasteiger partial charge in [0.05, 0.1) is 23.6 Å². The highest BCUT2D eigenvalue weighted by atomic mass is 16.5. The minimum atomic E-state index is -0.926. The summed E-state index contributed by atoms with van der Waals surface area (Å²) >= 11 is 0. The van der Waals surface area contributed by atoms with E-state index in [2.05, 4.69) is 15.5 Å². The van der Waals surface area contributed by atoms with E-state index in [0.29, 0.717) is 11.5 Å². The Kier molecular flexibility index (Phi) is 6.10. The van der Waals surface area contributed by atoms with Crippen LogP contribution in [0.4, 0.5) is 5.69 Å². The van der Waals surface area contributed by atoms with Crippen molar-refractivity contribution in [2.75, 3.05) is 11.9 Å². The number of amides is 1. The number of rotatable bonds is 6. The third kappa shape index (κ3) is 4.29. The lowest BCUT2D eigenvalue weighted by molar-refractivity contribution is -0.119. The predicted octanol–water partition coefficient (Wildman–Crippen LogP) is 2.42. The fourth-order valence-electron chi connectivity index (χ4n) is 2.99. The molecule has 1 aromatic carbocycles. The van der Waals surface area contributed by atoms with Gasteiger partial charge in [-0.3, -0.25) is 9.59 Å². The van der Waals surface area contributed by atoms with Crippen molar-refractivity contribution in [2.24, 2.45) is 0 Å². The van der Waals surface area contributed by atoms with Crippen LogP contribution in [0.3, 0.4) is 0 Å². The highest BCUT2D eigenvalue weighted by molar-refractivity contribution is 6.02. The van der Waals surface area contributed by atoms with Gasteiger partial charge in [-0.05, 0) is 52.0 Å².